The highest BCUT2D eigenvalue weighted by Crippen LogP contribution is 2.35. The van der Waals surface area contributed by atoms with Crippen LogP contribution in [0.25, 0.3) is 5.69 Å². The molecule has 1 fully saturated rings. The van der Waals surface area contributed by atoms with Crippen LogP contribution in [0.2, 0.25) is 0 Å². The summed E-state index contributed by atoms with van der Waals surface area (Å²) in [6, 6.07) is 6.95. The molecule has 1 N–H and O–H groups in total. The topological polar surface area (TPSA) is 55.6 Å². The summed E-state index contributed by atoms with van der Waals surface area (Å²) in [5, 5.41) is 14.9. The molecular weight excluding hydrogens is 238 g/mol. The zero-order valence-corrected chi connectivity index (χ0v) is 11.4. The molecule has 0 saturated heterocycles. The number of aryl methyl sites for hydroxylation is 1. The van der Waals surface area contributed by atoms with E-state index in [1.165, 1.54) is 30.5 Å². The lowest BCUT2D eigenvalue weighted by Crippen LogP contribution is -2.20. The van der Waals surface area contributed by atoms with Gasteiger partial charge in [0.25, 0.3) is 0 Å². The third-order valence-corrected chi connectivity index (χ3v) is 3.78. The van der Waals surface area contributed by atoms with E-state index in [2.05, 4.69) is 52.9 Å². The molecule has 0 radical (unpaired) electrons. The molecule has 1 aliphatic rings. The molecule has 0 amide bonds. The molecule has 3 rings (SSSR count). The number of tetrazole rings is 1. The molecule has 2 aromatic rings. The van der Waals surface area contributed by atoms with Crippen LogP contribution in [0.15, 0.2) is 24.5 Å². The van der Waals surface area contributed by atoms with E-state index in [4.69, 9.17) is 0 Å². The molecule has 1 unspecified atom stereocenters. The molecule has 1 aliphatic carbocycles. The van der Waals surface area contributed by atoms with E-state index in [0.29, 0.717) is 6.04 Å². The number of nitrogens with one attached hydrogen (secondary N) is 1. The molecule has 0 aliphatic heterocycles. The van der Waals surface area contributed by atoms with Crippen molar-refractivity contribution in [2.45, 2.75) is 39.2 Å². The predicted molar refractivity (Wildman–Crippen MR) is 74.3 cm³/mol. The van der Waals surface area contributed by atoms with Gasteiger partial charge < -0.3 is 5.32 Å². The molecular formula is C14H19N5. The van der Waals surface area contributed by atoms with Crippen LogP contribution < -0.4 is 5.32 Å². The minimum atomic E-state index is 0.610. The summed E-state index contributed by atoms with van der Waals surface area (Å²) in [7, 11) is 0. The van der Waals surface area contributed by atoms with E-state index >= 15 is 0 Å². The second kappa shape index (κ2) is 4.99. The molecule has 1 atom stereocenters. The first kappa shape index (κ1) is 12.1. The highest BCUT2D eigenvalue weighted by atomic mass is 15.5. The van der Waals surface area contributed by atoms with Crippen LogP contribution in [0.5, 0.6) is 0 Å². The van der Waals surface area contributed by atoms with Gasteiger partial charge in [0.2, 0.25) is 0 Å². The van der Waals surface area contributed by atoms with Crippen LogP contribution in [-0.2, 0) is 0 Å². The van der Waals surface area contributed by atoms with Gasteiger partial charge in [-0.15, -0.1) is 5.10 Å². The second-order valence-electron chi connectivity index (χ2n) is 5.25. The molecule has 100 valence electrons. The van der Waals surface area contributed by atoms with Crippen molar-refractivity contribution in [3.8, 4) is 5.69 Å². The number of benzene rings is 1. The fraction of sp³-hybridized carbons (Fsp3) is 0.500. The van der Waals surface area contributed by atoms with Crippen LogP contribution in [0.4, 0.5) is 5.69 Å². The van der Waals surface area contributed by atoms with Crippen molar-refractivity contribution in [2.75, 3.05) is 5.32 Å². The first-order valence-electron chi connectivity index (χ1n) is 6.88. The summed E-state index contributed by atoms with van der Waals surface area (Å²) in [6.07, 6.45) is 5.54. The Morgan fingerprint density at radius 1 is 1.42 bits per heavy atom. The summed E-state index contributed by atoms with van der Waals surface area (Å²) in [5.41, 5.74) is 3.38. The minimum absolute atomic E-state index is 0.610. The normalized spacial score (nSPS) is 16.3. The van der Waals surface area contributed by atoms with Gasteiger partial charge in [-0.3, -0.25) is 0 Å². The van der Waals surface area contributed by atoms with Crippen LogP contribution in [0, 0.1) is 12.8 Å². The van der Waals surface area contributed by atoms with Crippen LogP contribution in [-0.4, -0.2) is 26.2 Å². The maximum atomic E-state index is 3.93. The zero-order chi connectivity index (χ0) is 13.2. The number of hydrogen-bond donors (Lipinski definition) is 1. The summed E-state index contributed by atoms with van der Waals surface area (Å²) in [4.78, 5) is 0. The number of nitrogens with zero attached hydrogens (tertiary/aromatic N) is 4. The van der Waals surface area contributed by atoms with Crippen molar-refractivity contribution < 1.29 is 0 Å². The van der Waals surface area contributed by atoms with E-state index in [1.54, 1.807) is 11.0 Å². The number of anilines is 1. The average molecular weight is 257 g/mol. The first-order valence-corrected chi connectivity index (χ1v) is 6.88. The van der Waals surface area contributed by atoms with Crippen molar-refractivity contribution in [2.24, 2.45) is 5.92 Å². The quantitative estimate of drug-likeness (QED) is 0.894. The van der Waals surface area contributed by atoms with E-state index in [0.717, 1.165) is 11.6 Å². The predicted octanol–water partition coefficient (Wildman–Crippen LogP) is 2.57. The Hall–Kier alpha value is -1.91. The fourth-order valence-corrected chi connectivity index (χ4v) is 2.54. The lowest BCUT2D eigenvalue weighted by molar-refractivity contribution is 0.616. The van der Waals surface area contributed by atoms with Gasteiger partial charge in [0, 0.05) is 11.7 Å². The summed E-state index contributed by atoms with van der Waals surface area (Å²) in [5.74, 6) is 0.865. The summed E-state index contributed by atoms with van der Waals surface area (Å²) < 4.78 is 1.69. The Morgan fingerprint density at radius 3 is 2.84 bits per heavy atom. The first-order chi connectivity index (χ1) is 9.28. The van der Waals surface area contributed by atoms with Gasteiger partial charge in [-0.25, -0.2) is 4.68 Å². The molecule has 0 spiro atoms. The molecule has 0 bridgehead atoms. The van der Waals surface area contributed by atoms with Crippen molar-refractivity contribution in [1.29, 1.82) is 0 Å². The van der Waals surface area contributed by atoms with Gasteiger partial charge in [-0.2, -0.15) is 0 Å². The standard InChI is InChI=1S/C14H19N5/c1-3-13(11-4-5-11)16-12-6-7-14(10(2)8-12)19-9-15-17-18-19/h6-9,11,13,16H,3-5H2,1-2H3. The zero-order valence-electron chi connectivity index (χ0n) is 11.4. The average Bonchev–Trinajstić information content (AvgIpc) is 3.11. The second-order valence-corrected chi connectivity index (χ2v) is 5.25. The Kier molecular flexibility index (Phi) is 3.19. The number of hydrogen-bond acceptors (Lipinski definition) is 4. The minimum Gasteiger partial charge on any atom is -0.382 e. The van der Waals surface area contributed by atoms with E-state index in [-0.39, 0.29) is 0 Å². The Morgan fingerprint density at radius 2 is 2.26 bits per heavy atom. The maximum Gasteiger partial charge on any atom is 0.143 e. The third kappa shape index (κ3) is 2.59. The number of rotatable bonds is 5. The highest BCUT2D eigenvalue weighted by molar-refractivity contribution is 5.53. The van der Waals surface area contributed by atoms with Crippen LogP contribution in [0.1, 0.15) is 31.7 Å². The van der Waals surface area contributed by atoms with Crippen molar-refractivity contribution in [3.05, 3.63) is 30.1 Å². The monoisotopic (exact) mass is 257 g/mol. The van der Waals surface area contributed by atoms with Gasteiger partial charge in [0.1, 0.15) is 6.33 Å². The molecule has 5 heteroatoms. The van der Waals surface area contributed by atoms with Gasteiger partial charge in [0.15, 0.2) is 0 Å². The van der Waals surface area contributed by atoms with Crippen molar-refractivity contribution in [3.63, 3.8) is 0 Å². The van der Waals surface area contributed by atoms with Crippen molar-refractivity contribution in [1.82, 2.24) is 20.2 Å². The van der Waals surface area contributed by atoms with Gasteiger partial charge in [-0.1, -0.05) is 6.92 Å². The molecule has 1 aromatic carbocycles. The summed E-state index contributed by atoms with van der Waals surface area (Å²) >= 11 is 0. The smallest absolute Gasteiger partial charge is 0.143 e. The number of aromatic nitrogens is 4. The highest BCUT2D eigenvalue weighted by Gasteiger charge is 2.29. The van der Waals surface area contributed by atoms with Crippen LogP contribution in [0.3, 0.4) is 0 Å². The molecule has 1 saturated carbocycles. The fourth-order valence-electron chi connectivity index (χ4n) is 2.54. The van der Waals surface area contributed by atoms with E-state index in [9.17, 15) is 0 Å². The van der Waals surface area contributed by atoms with E-state index in [1.807, 2.05) is 0 Å². The molecule has 5 nitrogen and oxygen atoms in total. The van der Waals surface area contributed by atoms with Gasteiger partial charge >= 0.3 is 0 Å². The van der Waals surface area contributed by atoms with Gasteiger partial charge in [0.05, 0.1) is 5.69 Å². The van der Waals surface area contributed by atoms with Crippen LogP contribution >= 0.6 is 0 Å². The molecule has 1 aromatic heterocycles. The Labute approximate surface area is 113 Å². The SMILES string of the molecule is CCC(Nc1ccc(-n2cnnn2)c(C)c1)C1CC1. The largest absolute Gasteiger partial charge is 0.382 e. The van der Waals surface area contributed by atoms with E-state index < -0.39 is 0 Å². The maximum absolute atomic E-state index is 3.93. The molecule has 1 heterocycles. The van der Waals surface area contributed by atoms with Gasteiger partial charge in [-0.05, 0) is 66.3 Å². The third-order valence-electron chi connectivity index (χ3n) is 3.78. The summed E-state index contributed by atoms with van der Waals surface area (Å²) in [6.45, 7) is 4.33. The molecule has 19 heavy (non-hydrogen) atoms. The Balaban J connectivity index is 1.79. The Bertz CT molecular complexity index is 545. The van der Waals surface area contributed by atoms with Crippen molar-refractivity contribution >= 4 is 5.69 Å². The lowest BCUT2D eigenvalue weighted by atomic mass is 10.1. The lowest BCUT2D eigenvalue weighted by Gasteiger charge is -2.18.